The van der Waals surface area contributed by atoms with Crippen LogP contribution in [0.4, 0.5) is 28.8 Å². The van der Waals surface area contributed by atoms with Crippen molar-refractivity contribution in [2.75, 3.05) is 16.0 Å². The number of aryl methyl sites for hydroxylation is 2. The Morgan fingerprint density at radius 1 is 0.906 bits per heavy atom. The van der Waals surface area contributed by atoms with Crippen LogP contribution in [0.15, 0.2) is 73.1 Å². The first-order chi connectivity index (χ1) is 15.6. The molecule has 158 valence electrons. The molecule has 32 heavy (non-hydrogen) atoms. The van der Waals surface area contributed by atoms with E-state index in [4.69, 9.17) is 11.6 Å². The number of benzene rings is 2. The minimum absolute atomic E-state index is 0.272. The van der Waals surface area contributed by atoms with Gasteiger partial charge in [0.15, 0.2) is 5.82 Å². The van der Waals surface area contributed by atoms with Crippen LogP contribution in [-0.2, 0) is 12.8 Å². The number of amides is 1. The van der Waals surface area contributed by atoms with Gasteiger partial charge in [-0.25, -0.2) is 4.98 Å². The molecular formula is C24H19ClN6O. The number of halogens is 1. The van der Waals surface area contributed by atoms with Gasteiger partial charge in [0.2, 0.25) is 5.95 Å². The molecule has 5 rings (SSSR count). The summed E-state index contributed by atoms with van der Waals surface area (Å²) in [5, 5.41) is 9.82. The van der Waals surface area contributed by atoms with E-state index in [-0.39, 0.29) is 5.91 Å². The standard InChI is InChI=1S/C24H19ClN6O/c25-20-14-27-24-30-17-5-3-4-15(10-17)7-8-16-11-18(28-22(20)31-24)13-19(12-16)29-23(32)21-6-1-2-9-26-21/h1-6,9-14H,7-8H2,(H,29,32)(H2,27,28,30,31). The second-order valence-electron chi connectivity index (χ2n) is 7.43. The topological polar surface area (TPSA) is 91.8 Å². The van der Waals surface area contributed by atoms with Crippen LogP contribution in [0.25, 0.3) is 0 Å². The Morgan fingerprint density at radius 3 is 2.66 bits per heavy atom. The summed E-state index contributed by atoms with van der Waals surface area (Å²) >= 11 is 6.34. The van der Waals surface area contributed by atoms with Crippen LogP contribution < -0.4 is 16.0 Å². The zero-order valence-corrected chi connectivity index (χ0v) is 17.7. The van der Waals surface area contributed by atoms with Crippen LogP contribution >= 0.6 is 11.6 Å². The van der Waals surface area contributed by atoms with Crippen molar-refractivity contribution in [1.29, 1.82) is 0 Å². The normalized spacial score (nSPS) is 12.3. The van der Waals surface area contributed by atoms with Gasteiger partial charge in [0.05, 0.1) is 6.20 Å². The minimum atomic E-state index is -0.272. The highest BCUT2D eigenvalue weighted by Crippen LogP contribution is 2.29. The predicted octanol–water partition coefficient (Wildman–Crippen LogP) is 5.36. The zero-order valence-electron chi connectivity index (χ0n) is 17.0. The number of nitrogens with one attached hydrogen (secondary N) is 3. The van der Waals surface area contributed by atoms with Gasteiger partial charge >= 0.3 is 0 Å². The molecule has 6 bridgehead atoms. The third-order valence-corrected chi connectivity index (χ3v) is 5.32. The highest BCUT2D eigenvalue weighted by atomic mass is 35.5. The summed E-state index contributed by atoms with van der Waals surface area (Å²) in [5.41, 5.74) is 4.93. The number of hydrogen-bond donors (Lipinski definition) is 3. The lowest BCUT2D eigenvalue weighted by atomic mass is 10.0. The van der Waals surface area contributed by atoms with Gasteiger partial charge in [0, 0.05) is 23.3 Å². The van der Waals surface area contributed by atoms with Crippen molar-refractivity contribution in [3.05, 3.63) is 94.9 Å². The highest BCUT2D eigenvalue weighted by Gasteiger charge is 2.12. The van der Waals surface area contributed by atoms with Crippen LogP contribution in [0.5, 0.6) is 0 Å². The molecule has 0 radical (unpaired) electrons. The van der Waals surface area contributed by atoms with Gasteiger partial charge in [0.25, 0.3) is 5.91 Å². The molecule has 0 unspecified atom stereocenters. The number of rotatable bonds is 2. The fourth-order valence-electron chi connectivity index (χ4n) is 3.55. The quantitative estimate of drug-likeness (QED) is 0.387. The summed E-state index contributed by atoms with van der Waals surface area (Å²) in [6, 6.07) is 19.2. The molecule has 4 aromatic rings. The van der Waals surface area contributed by atoms with E-state index in [1.165, 1.54) is 5.56 Å². The molecule has 0 saturated heterocycles. The number of carbonyl (C=O) groups is 1. The Bertz CT molecular complexity index is 1290. The molecular weight excluding hydrogens is 424 g/mol. The molecule has 3 heterocycles. The summed E-state index contributed by atoms with van der Waals surface area (Å²) in [6.45, 7) is 0. The number of hydrogen-bond acceptors (Lipinski definition) is 6. The van der Waals surface area contributed by atoms with E-state index >= 15 is 0 Å². The molecule has 0 fully saturated rings. The lowest BCUT2D eigenvalue weighted by Gasteiger charge is -2.13. The lowest BCUT2D eigenvalue weighted by Crippen LogP contribution is -2.13. The molecule has 1 aliphatic rings. The van der Waals surface area contributed by atoms with E-state index in [0.29, 0.717) is 28.2 Å². The maximum Gasteiger partial charge on any atom is 0.274 e. The van der Waals surface area contributed by atoms with Crippen LogP contribution in [-0.4, -0.2) is 20.9 Å². The highest BCUT2D eigenvalue weighted by molar-refractivity contribution is 6.32. The molecule has 8 heteroatoms. The van der Waals surface area contributed by atoms with E-state index in [1.807, 2.05) is 30.3 Å². The first-order valence-corrected chi connectivity index (χ1v) is 10.5. The van der Waals surface area contributed by atoms with Crippen LogP contribution in [0.2, 0.25) is 5.02 Å². The number of pyridine rings is 1. The summed E-state index contributed by atoms with van der Waals surface area (Å²) < 4.78 is 0. The molecule has 2 aromatic carbocycles. The van der Waals surface area contributed by atoms with Crippen molar-refractivity contribution in [1.82, 2.24) is 15.0 Å². The van der Waals surface area contributed by atoms with E-state index in [2.05, 4.69) is 43.0 Å². The zero-order chi connectivity index (χ0) is 21.9. The van der Waals surface area contributed by atoms with Gasteiger partial charge in [-0.2, -0.15) is 4.98 Å². The van der Waals surface area contributed by atoms with Gasteiger partial charge < -0.3 is 16.0 Å². The number of aromatic nitrogens is 3. The summed E-state index contributed by atoms with van der Waals surface area (Å²) in [6.07, 6.45) is 4.78. The Hall–Kier alpha value is -3.97. The van der Waals surface area contributed by atoms with E-state index in [1.54, 1.807) is 30.6 Å². The smallest absolute Gasteiger partial charge is 0.274 e. The SMILES string of the molecule is O=C(Nc1cc2cc(c1)Nc1nc(ncc1Cl)Nc1cccc(c1)CC2)c1ccccn1. The predicted molar refractivity (Wildman–Crippen MR) is 126 cm³/mol. The third kappa shape index (κ3) is 4.53. The minimum Gasteiger partial charge on any atom is -0.339 e. The first-order valence-electron chi connectivity index (χ1n) is 10.1. The van der Waals surface area contributed by atoms with E-state index in [0.717, 1.165) is 29.8 Å². The summed E-state index contributed by atoms with van der Waals surface area (Å²) in [4.78, 5) is 25.6. The fourth-order valence-corrected chi connectivity index (χ4v) is 3.69. The molecule has 3 N–H and O–H groups in total. The van der Waals surface area contributed by atoms with Crippen molar-refractivity contribution in [2.24, 2.45) is 0 Å². The Morgan fingerprint density at radius 2 is 1.78 bits per heavy atom. The average Bonchev–Trinajstić information content (AvgIpc) is 2.80. The maximum absolute atomic E-state index is 12.6. The van der Waals surface area contributed by atoms with Crippen molar-refractivity contribution >= 4 is 46.3 Å². The number of nitrogens with zero attached hydrogens (tertiary/aromatic N) is 3. The molecule has 0 atom stereocenters. The molecule has 0 spiro atoms. The van der Waals surface area contributed by atoms with E-state index < -0.39 is 0 Å². The largest absolute Gasteiger partial charge is 0.339 e. The summed E-state index contributed by atoms with van der Waals surface area (Å²) in [7, 11) is 0. The average molecular weight is 443 g/mol. The third-order valence-electron chi connectivity index (χ3n) is 5.04. The molecule has 1 aliphatic heterocycles. The van der Waals surface area contributed by atoms with Gasteiger partial charge in [0.1, 0.15) is 10.7 Å². The van der Waals surface area contributed by atoms with Crippen molar-refractivity contribution in [3.63, 3.8) is 0 Å². The Kier molecular flexibility index (Phi) is 5.39. The first kappa shape index (κ1) is 20.0. The summed E-state index contributed by atoms with van der Waals surface area (Å²) in [5.74, 6) is 0.637. The number of fused-ring (bicyclic) bond motifs is 6. The van der Waals surface area contributed by atoms with Gasteiger partial charge in [-0.3, -0.25) is 9.78 Å². The Labute approximate surface area is 189 Å². The number of anilines is 5. The van der Waals surface area contributed by atoms with Crippen LogP contribution in [0.1, 0.15) is 21.6 Å². The molecule has 7 nitrogen and oxygen atoms in total. The van der Waals surface area contributed by atoms with E-state index in [9.17, 15) is 4.79 Å². The lowest BCUT2D eigenvalue weighted by molar-refractivity contribution is 0.102. The molecule has 1 amide bonds. The van der Waals surface area contributed by atoms with Crippen LogP contribution in [0.3, 0.4) is 0 Å². The Balaban J connectivity index is 1.53. The number of carbonyl (C=O) groups excluding carboxylic acids is 1. The fraction of sp³-hybridized carbons (Fsp3) is 0.0833. The van der Waals surface area contributed by atoms with Crippen molar-refractivity contribution in [3.8, 4) is 0 Å². The van der Waals surface area contributed by atoms with Gasteiger partial charge in [-0.05, 0) is 66.4 Å². The van der Waals surface area contributed by atoms with Gasteiger partial charge in [-0.1, -0.05) is 29.8 Å². The molecule has 0 aliphatic carbocycles. The molecule has 2 aromatic heterocycles. The van der Waals surface area contributed by atoms with Crippen molar-refractivity contribution < 1.29 is 4.79 Å². The maximum atomic E-state index is 12.6. The molecule has 0 saturated carbocycles. The second-order valence-corrected chi connectivity index (χ2v) is 7.84. The second kappa shape index (κ2) is 8.64. The van der Waals surface area contributed by atoms with Gasteiger partial charge in [-0.15, -0.1) is 0 Å². The van der Waals surface area contributed by atoms with Crippen molar-refractivity contribution in [2.45, 2.75) is 12.8 Å². The monoisotopic (exact) mass is 442 g/mol. The van der Waals surface area contributed by atoms with Crippen LogP contribution in [0, 0.1) is 0 Å².